The van der Waals surface area contributed by atoms with Crippen LogP contribution in [0, 0.1) is 23.3 Å². The maximum Gasteiger partial charge on any atom is 0.267 e. The minimum Gasteiger partial charge on any atom is -0.285 e. The van der Waals surface area contributed by atoms with Crippen LogP contribution in [0.25, 0.3) is 0 Å². The van der Waals surface area contributed by atoms with Gasteiger partial charge in [0.2, 0.25) is 20.0 Å². The van der Waals surface area contributed by atoms with Gasteiger partial charge in [-0.3, -0.25) is 9.11 Å². The summed E-state index contributed by atoms with van der Waals surface area (Å²) in [6, 6.07) is 0. The zero-order chi connectivity index (χ0) is 43.1. The molecule has 0 spiro atoms. The number of primary sulfonamides is 2. The van der Waals surface area contributed by atoms with E-state index < -0.39 is 84.6 Å². The number of nitrogens with two attached hydrogens (primary N) is 2. The second-order valence-electron chi connectivity index (χ2n) is 11.5. The minimum absolute atomic E-state index is 0.0425. The van der Waals surface area contributed by atoms with Crippen LogP contribution in [0.1, 0.15) is 51.0 Å². The molecule has 0 fully saturated rings. The van der Waals surface area contributed by atoms with Crippen molar-refractivity contribution in [2.75, 3.05) is 0 Å². The van der Waals surface area contributed by atoms with E-state index in [0.29, 0.717) is 0 Å². The van der Waals surface area contributed by atoms with Crippen molar-refractivity contribution in [2.24, 2.45) is 10.3 Å². The van der Waals surface area contributed by atoms with Crippen LogP contribution in [0.2, 0.25) is 0 Å². The number of aromatic nitrogens is 8. The van der Waals surface area contributed by atoms with Crippen molar-refractivity contribution in [3.8, 4) is 0 Å². The van der Waals surface area contributed by atoms with Crippen molar-refractivity contribution in [1.29, 1.82) is 0 Å². The average molecular weight is 879 g/mol. The Balaban J connectivity index is 0.000000373. The highest BCUT2D eigenvalue weighted by atomic mass is 32.2. The Kier molecular flexibility index (Phi) is 19.4. The standard InChI is InChI=1S/2C7H10FN3O2S.2C7H9FN2O3S/c2*1-5(14(9,12)13)2-7-10-3-6(8)4-11-7;2*1-5(14(11,12)13)2-7-9-3-6(8)4-10-7/h2*3-5H,2H2,1H3,(H2,9,12,13);2*3-5H,2H2,1H3,(H,11,12,13)/t4*5-/m1010/s1. The van der Waals surface area contributed by atoms with Crippen LogP contribution >= 0.6 is 0 Å². The first-order valence-electron chi connectivity index (χ1n) is 15.4. The number of rotatable bonds is 12. The summed E-state index contributed by atoms with van der Waals surface area (Å²) in [5.74, 6) is -1.43. The average Bonchev–Trinajstić information content (AvgIpc) is 3.08. The second-order valence-corrected chi connectivity index (χ2v) is 19.2. The van der Waals surface area contributed by atoms with Crippen molar-refractivity contribution in [3.63, 3.8) is 0 Å². The van der Waals surface area contributed by atoms with E-state index in [9.17, 15) is 51.2 Å². The van der Waals surface area contributed by atoms with Crippen molar-refractivity contribution < 1.29 is 60.3 Å². The topological polar surface area (TPSA) is 332 Å². The highest BCUT2D eigenvalue weighted by molar-refractivity contribution is 7.90. The van der Waals surface area contributed by atoms with E-state index in [1.165, 1.54) is 27.7 Å². The maximum absolute atomic E-state index is 12.4. The van der Waals surface area contributed by atoms with Crippen LogP contribution in [0.3, 0.4) is 0 Å². The molecule has 312 valence electrons. The molecule has 0 radical (unpaired) electrons. The Bertz CT molecular complexity index is 1940. The number of sulfonamides is 2. The van der Waals surface area contributed by atoms with Gasteiger partial charge in [0.05, 0.1) is 70.6 Å². The Morgan fingerprint density at radius 3 is 0.732 bits per heavy atom. The summed E-state index contributed by atoms with van der Waals surface area (Å²) in [6.45, 7) is 5.54. The van der Waals surface area contributed by atoms with Gasteiger partial charge in [-0.2, -0.15) is 16.8 Å². The molecule has 4 atom stereocenters. The van der Waals surface area contributed by atoms with E-state index in [1.807, 2.05) is 0 Å². The summed E-state index contributed by atoms with van der Waals surface area (Å²) in [5, 5.41) is 6.27. The molecule has 4 aromatic heterocycles. The SMILES string of the molecule is C[C@@H](Cc1ncc(F)cn1)S(=O)(=O)O.C[C@@H](Cc1ncc(F)cn1)S(N)(=O)=O.C[C@H](Cc1ncc(F)cn1)S(=O)(=O)O.C[C@H](Cc1ncc(F)cn1)S(N)(=O)=O. The van der Waals surface area contributed by atoms with E-state index in [0.717, 1.165) is 49.6 Å². The Hall–Kier alpha value is -4.32. The van der Waals surface area contributed by atoms with Gasteiger partial charge >= 0.3 is 0 Å². The summed E-state index contributed by atoms with van der Waals surface area (Å²) in [5.41, 5.74) is 0. The van der Waals surface area contributed by atoms with Crippen molar-refractivity contribution in [2.45, 2.75) is 74.4 Å². The normalized spacial score (nSPS) is 13.9. The first-order valence-corrected chi connectivity index (χ1v) is 21.6. The van der Waals surface area contributed by atoms with Gasteiger partial charge in [-0.05, 0) is 27.7 Å². The lowest BCUT2D eigenvalue weighted by atomic mass is 10.3. The zero-order valence-electron chi connectivity index (χ0n) is 29.8. The number of nitrogens with zero attached hydrogens (tertiary/aromatic N) is 8. The molecule has 0 saturated heterocycles. The molecule has 0 aliphatic heterocycles. The maximum atomic E-state index is 12.4. The zero-order valence-corrected chi connectivity index (χ0v) is 33.1. The van der Waals surface area contributed by atoms with Crippen LogP contribution in [0.5, 0.6) is 0 Å². The largest absolute Gasteiger partial charge is 0.285 e. The molecular formula is C28H38F4N10O10S4. The van der Waals surface area contributed by atoms with E-state index in [1.54, 1.807) is 0 Å². The molecule has 0 bridgehead atoms. The fourth-order valence-corrected chi connectivity index (χ4v) is 4.73. The number of hydrogen-bond donors (Lipinski definition) is 4. The second kappa shape index (κ2) is 21.8. The lowest BCUT2D eigenvalue weighted by Gasteiger charge is -2.06. The Morgan fingerprint density at radius 1 is 0.429 bits per heavy atom. The van der Waals surface area contributed by atoms with E-state index >= 15 is 0 Å². The Morgan fingerprint density at radius 2 is 0.589 bits per heavy atom. The highest BCUT2D eigenvalue weighted by Gasteiger charge is 2.21. The first-order chi connectivity index (χ1) is 25.6. The number of halogens is 4. The molecule has 0 saturated carbocycles. The lowest BCUT2D eigenvalue weighted by Crippen LogP contribution is -2.28. The molecule has 0 amide bonds. The van der Waals surface area contributed by atoms with Crippen LogP contribution < -0.4 is 10.3 Å². The molecule has 0 aromatic carbocycles. The molecule has 4 rings (SSSR count). The monoisotopic (exact) mass is 878 g/mol. The molecule has 28 heteroatoms. The van der Waals surface area contributed by atoms with Gasteiger partial charge in [-0.25, -0.2) is 84.5 Å². The lowest BCUT2D eigenvalue weighted by molar-refractivity contribution is 0.466. The van der Waals surface area contributed by atoms with Crippen molar-refractivity contribution in [1.82, 2.24) is 39.9 Å². The molecular weight excluding hydrogens is 841 g/mol. The van der Waals surface area contributed by atoms with Gasteiger partial charge < -0.3 is 0 Å². The van der Waals surface area contributed by atoms with E-state index in [-0.39, 0.29) is 49.0 Å². The molecule has 6 N–H and O–H groups in total. The van der Waals surface area contributed by atoms with Gasteiger partial charge in [-0.15, -0.1) is 0 Å². The van der Waals surface area contributed by atoms with E-state index in [4.69, 9.17) is 19.4 Å². The van der Waals surface area contributed by atoms with Crippen LogP contribution in [0.4, 0.5) is 17.6 Å². The van der Waals surface area contributed by atoms with E-state index in [2.05, 4.69) is 39.9 Å². The third-order valence-electron chi connectivity index (χ3n) is 6.71. The van der Waals surface area contributed by atoms with Gasteiger partial charge in [0.25, 0.3) is 20.2 Å². The molecule has 4 heterocycles. The van der Waals surface area contributed by atoms with Crippen LogP contribution in [-0.4, -0.2) is 104 Å². The van der Waals surface area contributed by atoms with Gasteiger partial charge in [0.15, 0.2) is 23.3 Å². The summed E-state index contributed by atoms with van der Waals surface area (Å²) in [4.78, 5) is 28.8. The predicted octanol–water partition coefficient (Wildman–Crippen LogP) is 0.539. The van der Waals surface area contributed by atoms with Crippen molar-refractivity contribution >= 4 is 40.3 Å². The highest BCUT2D eigenvalue weighted by Crippen LogP contribution is 2.07. The third-order valence-corrected chi connectivity index (χ3v) is 11.7. The first kappa shape index (κ1) is 49.7. The van der Waals surface area contributed by atoms with Crippen LogP contribution in [-0.2, 0) is 66.0 Å². The molecule has 56 heavy (non-hydrogen) atoms. The third kappa shape index (κ3) is 20.6. The molecule has 0 unspecified atom stereocenters. The summed E-state index contributed by atoms with van der Waals surface area (Å²) >= 11 is 0. The molecule has 20 nitrogen and oxygen atoms in total. The van der Waals surface area contributed by atoms with Gasteiger partial charge in [0, 0.05) is 25.7 Å². The Labute approximate surface area is 320 Å². The van der Waals surface area contributed by atoms with Gasteiger partial charge in [-0.1, -0.05) is 0 Å². The fraction of sp³-hybridized carbons (Fsp3) is 0.429. The number of hydrogen-bond acceptors (Lipinski definition) is 16. The molecule has 4 aromatic rings. The van der Waals surface area contributed by atoms with Gasteiger partial charge in [0.1, 0.15) is 23.3 Å². The fourth-order valence-electron chi connectivity index (χ4n) is 3.25. The van der Waals surface area contributed by atoms with Crippen molar-refractivity contribution in [3.05, 3.63) is 96.1 Å². The predicted molar refractivity (Wildman–Crippen MR) is 190 cm³/mol. The smallest absolute Gasteiger partial charge is 0.267 e. The molecule has 0 aliphatic carbocycles. The summed E-state index contributed by atoms with van der Waals surface area (Å²) in [7, 11) is -15.3. The minimum atomic E-state index is -4.08. The quantitative estimate of drug-likeness (QED) is 0.111. The summed E-state index contributed by atoms with van der Waals surface area (Å²) < 4.78 is 153. The van der Waals surface area contributed by atoms with Crippen LogP contribution in [0.15, 0.2) is 49.6 Å². The summed E-state index contributed by atoms with van der Waals surface area (Å²) in [6.07, 6.45) is 7.79. The molecule has 0 aliphatic rings.